The lowest BCUT2D eigenvalue weighted by molar-refractivity contribution is -0.147. The average Bonchev–Trinajstić information content (AvgIpc) is 2.77. The highest BCUT2D eigenvalue weighted by Gasteiger charge is 2.11. The normalized spacial score (nSPS) is 10.5. The van der Waals surface area contributed by atoms with Gasteiger partial charge in [-0.15, -0.1) is 0 Å². The van der Waals surface area contributed by atoms with Gasteiger partial charge in [0.05, 0.1) is 0 Å². The van der Waals surface area contributed by atoms with E-state index >= 15 is 0 Å². The predicted octanol–water partition coefficient (Wildman–Crippen LogP) is 5.18. The third-order valence-electron chi connectivity index (χ3n) is 4.53. The monoisotopic (exact) mass is 403 g/mol. The second-order valence-electron chi connectivity index (χ2n) is 7.16. The second kappa shape index (κ2) is 10.3. The van der Waals surface area contributed by atoms with E-state index in [9.17, 15) is 9.59 Å². The maximum atomic E-state index is 12.3. The molecule has 0 bridgehead atoms. The molecule has 0 aromatic heterocycles. The summed E-state index contributed by atoms with van der Waals surface area (Å²) in [6, 6.07) is 23.9. The number of carbonyl (C=O) groups is 2. The molecule has 0 atom stereocenters. The molecule has 1 N–H and O–H groups in total. The average molecular weight is 403 g/mol. The van der Waals surface area contributed by atoms with Gasteiger partial charge in [0.15, 0.2) is 6.61 Å². The Morgan fingerprint density at radius 2 is 1.53 bits per heavy atom. The number of hydrogen-bond donors (Lipinski definition) is 1. The molecule has 0 spiro atoms. The largest absolute Gasteiger partial charge is 0.482 e. The van der Waals surface area contributed by atoms with Gasteiger partial charge in [0, 0.05) is 11.3 Å². The highest BCUT2D eigenvalue weighted by Crippen LogP contribution is 2.25. The summed E-state index contributed by atoms with van der Waals surface area (Å²) in [6.07, 6.45) is 0. The molecule has 5 nitrogen and oxygen atoms in total. The van der Waals surface area contributed by atoms with Crippen molar-refractivity contribution in [3.8, 4) is 5.75 Å². The fourth-order valence-corrected chi connectivity index (χ4v) is 2.91. The van der Waals surface area contributed by atoms with E-state index in [1.54, 1.807) is 24.3 Å². The molecule has 3 rings (SSSR count). The first kappa shape index (κ1) is 21.1. The van der Waals surface area contributed by atoms with Crippen molar-refractivity contribution < 1.29 is 19.1 Å². The highest BCUT2D eigenvalue weighted by atomic mass is 16.6. The van der Waals surface area contributed by atoms with Gasteiger partial charge < -0.3 is 14.8 Å². The number of carbonyl (C=O) groups excluding carboxylic acids is 2. The van der Waals surface area contributed by atoms with Crippen molar-refractivity contribution in [2.75, 3.05) is 11.9 Å². The van der Waals surface area contributed by atoms with Crippen molar-refractivity contribution in [3.63, 3.8) is 0 Å². The van der Waals surface area contributed by atoms with Crippen LogP contribution in [0.1, 0.15) is 41.3 Å². The molecule has 0 saturated carbocycles. The first-order valence-electron chi connectivity index (χ1n) is 9.85. The van der Waals surface area contributed by atoms with E-state index in [1.807, 2.05) is 54.6 Å². The fourth-order valence-electron chi connectivity index (χ4n) is 2.91. The molecule has 0 aliphatic carbocycles. The lowest BCUT2D eigenvalue weighted by atomic mass is 10.0. The Kier molecular flexibility index (Phi) is 7.22. The number of ether oxygens (including phenoxy) is 2. The maximum Gasteiger partial charge on any atom is 0.344 e. The summed E-state index contributed by atoms with van der Waals surface area (Å²) in [6.45, 7) is 4.12. The van der Waals surface area contributed by atoms with Gasteiger partial charge in [-0.25, -0.2) is 4.79 Å². The highest BCUT2D eigenvalue weighted by molar-refractivity contribution is 6.04. The minimum atomic E-state index is -0.445. The van der Waals surface area contributed by atoms with Crippen LogP contribution in [-0.2, 0) is 16.1 Å². The van der Waals surface area contributed by atoms with Gasteiger partial charge in [0.1, 0.15) is 12.4 Å². The van der Waals surface area contributed by atoms with Gasteiger partial charge in [-0.05, 0) is 47.4 Å². The Balaban J connectivity index is 1.48. The number of hydrogen-bond acceptors (Lipinski definition) is 4. The summed E-state index contributed by atoms with van der Waals surface area (Å²) in [5.41, 5.74) is 3.11. The Morgan fingerprint density at radius 1 is 0.867 bits per heavy atom. The van der Waals surface area contributed by atoms with Crippen LogP contribution in [0.15, 0.2) is 78.9 Å². The van der Waals surface area contributed by atoms with Gasteiger partial charge in [-0.2, -0.15) is 0 Å². The van der Waals surface area contributed by atoms with Crippen LogP contribution in [0.4, 0.5) is 5.69 Å². The van der Waals surface area contributed by atoms with Crippen LogP contribution in [0.2, 0.25) is 0 Å². The summed E-state index contributed by atoms with van der Waals surface area (Å²) in [7, 11) is 0. The van der Waals surface area contributed by atoms with Crippen LogP contribution >= 0.6 is 0 Å². The predicted molar refractivity (Wildman–Crippen MR) is 117 cm³/mol. The summed E-state index contributed by atoms with van der Waals surface area (Å²) in [5, 5.41) is 2.83. The van der Waals surface area contributed by atoms with Crippen LogP contribution in [0.5, 0.6) is 5.75 Å². The van der Waals surface area contributed by atoms with E-state index in [2.05, 4.69) is 19.2 Å². The zero-order valence-corrected chi connectivity index (χ0v) is 17.1. The molecule has 5 heteroatoms. The molecule has 0 unspecified atom stereocenters. The molecule has 0 saturated heterocycles. The van der Waals surface area contributed by atoms with Gasteiger partial charge in [-0.3, -0.25) is 4.79 Å². The van der Waals surface area contributed by atoms with Crippen molar-refractivity contribution in [1.82, 2.24) is 0 Å². The fraction of sp³-hybridized carbons (Fsp3) is 0.200. The Bertz CT molecular complexity index is 982. The summed E-state index contributed by atoms with van der Waals surface area (Å²) in [5.74, 6) is 0.356. The van der Waals surface area contributed by atoms with Crippen molar-refractivity contribution in [3.05, 3.63) is 95.6 Å². The lowest BCUT2D eigenvalue weighted by Crippen LogP contribution is -2.15. The Morgan fingerprint density at radius 3 is 2.23 bits per heavy atom. The Hall–Kier alpha value is -3.60. The molecule has 0 aliphatic rings. The summed E-state index contributed by atoms with van der Waals surface area (Å²) in [4.78, 5) is 24.3. The minimum absolute atomic E-state index is 0.120. The third kappa shape index (κ3) is 5.95. The number of esters is 1. The smallest absolute Gasteiger partial charge is 0.344 e. The molecule has 3 aromatic carbocycles. The number of nitrogens with one attached hydrogen (secondary N) is 1. The molecule has 30 heavy (non-hydrogen) atoms. The molecule has 3 aromatic rings. The van der Waals surface area contributed by atoms with Crippen molar-refractivity contribution in [2.24, 2.45) is 0 Å². The first-order valence-corrected chi connectivity index (χ1v) is 9.85. The van der Waals surface area contributed by atoms with Crippen molar-refractivity contribution >= 4 is 17.6 Å². The molecule has 0 aliphatic heterocycles. The van der Waals surface area contributed by atoms with Gasteiger partial charge in [-0.1, -0.05) is 62.4 Å². The standard InChI is InChI=1S/C25H25NO4/c1-18(2)22-10-6-7-11-23(22)29-17-24(27)30-16-19-12-14-20(15-13-19)25(28)26-21-8-4-3-5-9-21/h3-15,18H,16-17H2,1-2H3,(H,26,28). The number of anilines is 1. The first-order chi connectivity index (χ1) is 14.5. The molecular formula is C25H25NO4. The van der Waals surface area contributed by atoms with Gasteiger partial charge in [0.2, 0.25) is 0 Å². The van der Waals surface area contributed by atoms with E-state index in [1.165, 1.54) is 0 Å². The van der Waals surface area contributed by atoms with E-state index < -0.39 is 5.97 Å². The Labute approximate surface area is 176 Å². The van der Waals surface area contributed by atoms with Crippen LogP contribution in [0.25, 0.3) is 0 Å². The number of benzene rings is 3. The van der Waals surface area contributed by atoms with Crippen LogP contribution in [-0.4, -0.2) is 18.5 Å². The maximum absolute atomic E-state index is 12.3. The molecule has 0 radical (unpaired) electrons. The van der Waals surface area contributed by atoms with E-state index in [-0.39, 0.29) is 19.1 Å². The zero-order chi connectivity index (χ0) is 21.3. The van der Waals surface area contributed by atoms with Gasteiger partial charge >= 0.3 is 5.97 Å². The minimum Gasteiger partial charge on any atom is -0.482 e. The summed E-state index contributed by atoms with van der Waals surface area (Å²) < 4.78 is 10.9. The molecule has 0 heterocycles. The molecule has 1 amide bonds. The number of amides is 1. The van der Waals surface area contributed by atoms with Crippen LogP contribution < -0.4 is 10.1 Å². The van der Waals surface area contributed by atoms with Gasteiger partial charge in [0.25, 0.3) is 5.91 Å². The molecule has 154 valence electrons. The zero-order valence-electron chi connectivity index (χ0n) is 17.1. The quantitative estimate of drug-likeness (QED) is 0.526. The topological polar surface area (TPSA) is 64.6 Å². The van der Waals surface area contributed by atoms with Crippen molar-refractivity contribution in [2.45, 2.75) is 26.4 Å². The molecular weight excluding hydrogens is 378 g/mol. The second-order valence-corrected chi connectivity index (χ2v) is 7.16. The number of rotatable bonds is 8. The lowest BCUT2D eigenvalue weighted by Gasteiger charge is -2.13. The van der Waals surface area contributed by atoms with E-state index in [0.717, 1.165) is 16.8 Å². The third-order valence-corrected chi connectivity index (χ3v) is 4.53. The van der Waals surface area contributed by atoms with Crippen molar-refractivity contribution in [1.29, 1.82) is 0 Å². The van der Waals surface area contributed by atoms with Crippen LogP contribution in [0.3, 0.4) is 0 Å². The number of para-hydroxylation sites is 2. The summed E-state index contributed by atoms with van der Waals surface area (Å²) >= 11 is 0. The van der Waals surface area contributed by atoms with Crippen LogP contribution in [0, 0.1) is 0 Å². The van der Waals surface area contributed by atoms with E-state index in [4.69, 9.17) is 9.47 Å². The molecule has 0 fully saturated rings. The van der Waals surface area contributed by atoms with E-state index in [0.29, 0.717) is 17.2 Å². The SMILES string of the molecule is CC(C)c1ccccc1OCC(=O)OCc1ccc(C(=O)Nc2ccccc2)cc1.